The van der Waals surface area contributed by atoms with Gasteiger partial charge in [-0.3, -0.25) is 14.5 Å². The zero-order valence-electron chi connectivity index (χ0n) is 17.4. The number of hydrogen-bond acceptors (Lipinski definition) is 6. The van der Waals surface area contributed by atoms with Gasteiger partial charge in [-0.05, 0) is 61.3 Å². The van der Waals surface area contributed by atoms with Gasteiger partial charge in [-0.25, -0.2) is 0 Å². The van der Waals surface area contributed by atoms with Crippen LogP contribution in [-0.2, 0) is 30.9 Å². The molecule has 3 aliphatic heterocycles. The third-order valence-electron chi connectivity index (χ3n) is 7.41. The minimum atomic E-state index is -0.767. The standard InChI is InChI=1S/C23H28N2O5/c1-13(26)30-8-6-15-9-14-11-23(22(28)29-2)20-17(5-7-25(12-14)21(15)23)18-10-16(27)3-4-19(18)24-20/h3-4,10,14-15,21,24,27H,5-9,11-12H2,1-2H3. The van der Waals surface area contributed by atoms with E-state index >= 15 is 0 Å². The first-order valence-corrected chi connectivity index (χ1v) is 10.7. The zero-order valence-corrected chi connectivity index (χ0v) is 17.4. The second-order valence-corrected chi connectivity index (χ2v) is 9.06. The number of H-pyrrole nitrogens is 1. The van der Waals surface area contributed by atoms with Crippen LogP contribution in [0.1, 0.15) is 37.4 Å². The average molecular weight is 412 g/mol. The molecule has 6 rings (SSSR count). The van der Waals surface area contributed by atoms with Crippen molar-refractivity contribution in [3.05, 3.63) is 29.5 Å². The molecule has 1 aromatic heterocycles. The molecule has 2 N–H and O–H groups in total. The van der Waals surface area contributed by atoms with E-state index in [0.29, 0.717) is 12.5 Å². The van der Waals surface area contributed by atoms with Crippen molar-refractivity contribution in [1.82, 2.24) is 9.88 Å². The highest BCUT2D eigenvalue weighted by Crippen LogP contribution is 2.55. The number of fused-ring (bicyclic) bond motifs is 4. The number of ether oxygens (including phenoxy) is 2. The van der Waals surface area contributed by atoms with Crippen LogP contribution < -0.4 is 0 Å². The van der Waals surface area contributed by atoms with E-state index in [1.54, 1.807) is 12.1 Å². The van der Waals surface area contributed by atoms with Gasteiger partial charge in [-0.1, -0.05) is 0 Å². The van der Waals surface area contributed by atoms with E-state index in [2.05, 4.69) is 9.88 Å². The Labute approximate surface area is 175 Å². The first kappa shape index (κ1) is 19.4. The Hall–Kier alpha value is -2.54. The number of nitrogens with zero attached hydrogens (tertiary/aromatic N) is 1. The molecule has 2 aromatic rings. The number of aromatic nitrogens is 1. The highest BCUT2D eigenvalue weighted by molar-refractivity contribution is 5.92. The summed E-state index contributed by atoms with van der Waals surface area (Å²) in [5.41, 5.74) is 2.23. The third-order valence-corrected chi connectivity index (χ3v) is 7.41. The SMILES string of the molecule is COC(=O)C12CC3CC(CCOC(C)=O)C1N(CCc1c2[nH]c2ccc(O)cc12)C3. The van der Waals surface area contributed by atoms with Crippen LogP contribution in [0.3, 0.4) is 0 Å². The predicted molar refractivity (Wildman–Crippen MR) is 110 cm³/mol. The molecular formula is C23H28N2O5. The van der Waals surface area contributed by atoms with E-state index < -0.39 is 5.41 Å². The molecular weight excluding hydrogens is 384 g/mol. The summed E-state index contributed by atoms with van der Waals surface area (Å²) in [6.45, 7) is 3.65. The maximum Gasteiger partial charge on any atom is 0.319 e. The summed E-state index contributed by atoms with van der Waals surface area (Å²) >= 11 is 0. The summed E-state index contributed by atoms with van der Waals surface area (Å²) in [5, 5.41) is 11.0. The molecule has 7 heteroatoms. The van der Waals surface area contributed by atoms with Crippen molar-refractivity contribution >= 4 is 22.8 Å². The molecule has 30 heavy (non-hydrogen) atoms. The molecule has 1 saturated carbocycles. The number of phenolic OH excluding ortho intramolecular Hbond substituents is 1. The fourth-order valence-corrected chi connectivity index (χ4v) is 6.54. The third kappa shape index (κ3) is 2.75. The molecule has 2 saturated heterocycles. The second-order valence-electron chi connectivity index (χ2n) is 9.06. The Bertz CT molecular complexity index is 1010. The van der Waals surface area contributed by atoms with Crippen molar-refractivity contribution in [2.45, 2.75) is 44.1 Å². The number of benzene rings is 1. The molecule has 0 spiro atoms. The summed E-state index contributed by atoms with van der Waals surface area (Å²) in [6.07, 6.45) is 3.36. The van der Waals surface area contributed by atoms with E-state index in [4.69, 9.17) is 9.47 Å². The van der Waals surface area contributed by atoms with E-state index in [0.717, 1.165) is 60.9 Å². The molecule has 0 radical (unpaired) electrons. The quantitative estimate of drug-likeness (QED) is 0.750. The second kappa shape index (κ2) is 7.01. The van der Waals surface area contributed by atoms with Gasteiger partial charge in [0.25, 0.3) is 0 Å². The number of esters is 2. The number of nitrogens with one attached hydrogen (secondary N) is 1. The number of aromatic amines is 1. The van der Waals surface area contributed by atoms with Gasteiger partial charge in [0.15, 0.2) is 0 Å². The first-order valence-electron chi connectivity index (χ1n) is 10.7. The van der Waals surface area contributed by atoms with Gasteiger partial charge in [-0.2, -0.15) is 0 Å². The fraction of sp³-hybridized carbons (Fsp3) is 0.565. The predicted octanol–water partition coefficient (Wildman–Crippen LogP) is 2.50. The lowest BCUT2D eigenvalue weighted by atomic mass is 9.56. The summed E-state index contributed by atoms with van der Waals surface area (Å²) < 4.78 is 10.7. The Morgan fingerprint density at radius 1 is 1.37 bits per heavy atom. The van der Waals surface area contributed by atoms with Crippen LogP contribution in [0.25, 0.3) is 10.9 Å². The molecule has 1 aromatic carbocycles. The van der Waals surface area contributed by atoms with Crippen molar-refractivity contribution in [2.24, 2.45) is 11.8 Å². The van der Waals surface area contributed by atoms with Gasteiger partial charge in [0.2, 0.25) is 0 Å². The van der Waals surface area contributed by atoms with E-state index in [-0.39, 0.29) is 29.6 Å². The molecule has 4 heterocycles. The number of piperidine rings is 2. The lowest BCUT2D eigenvalue weighted by Crippen LogP contribution is -2.67. The van der Waals surface area contributed by atoms with Gasteiger partial charge in [0.1, 0.15) is 11.2 Å². The summed E-state index contributed by atoms with van der Waals surface area (Å²) in [7, 11) is 1.47. The van der Waals surface area contributed by atoms with Crippen LogP contribution >= 0.6 is 0 Å². The van der Waals surface area contributed by atoms with Gasteiger partial charge < -0.3 is 19.6 Å². The fourth-order valence-electron chi connectivity index (χ4n) is 6.54. The highest BCUT2D eigenvalue weighted by Gasteiger charge is 2.62. The van der Waals surface area contributed by atoms with Crippen LogP contribution in [0.5, 0.6) is 5.75 Å². The average Bonchev–Trinajstić information content (AvgIpc) is 3.04. The minimum Gasteiger partial charge on any atom is -0.508 e. The summed E-state index contributed by atoms with van der Waals surface area (Å²) in [5.74, 6) is 0.404. The smallest absolute Gasteiger partial charge is 0.319 e. The Kier molecular flexibility index (Phi) is 4.54. The first-order chi connectivity index (χ1) is 14.4. The number of carbonyl (C=O) groups excluding carboxylic acids is 2. The van der Waals surface area contributed by atoms with Crippen LogP contribution in [-0.4, -0.2) is 59.8 Å². The monoisotopic (exact) mass is 412 g/mol. The maximum absolute atomic E-state index is 13.5. The minimum absolute atomic E-state index is 0.00779. The van der Waals surface area contributed by atoms with Crippen LogP contribution in [0, 0.1) is 11.8 Å². The largest absolute Gasteiger partial charge is 0.508 e. The van der Waals surface area contributed by atoms with Gasteiger partial charge in [0.05, 0.1) is 13.7 Å². The normalized spacial score (nSPS) is 31.8. The Morgan fingerprint density at radius 2 is 2.20 bits per heavy atom. The van der Waals surface area contributed by atoms with Gasteiger partial charge in [0, 0.05) is 42.7 Å². The lowest BCUT2D eigenvalue weighted by molar-refractivity contribution is -0.163. The number of methoxy groups -OCH3 is 1. The van der Waals surface area contributed by atoms with Crippen LogP contribution in [0.15, 0.2) is 18.2 Å². The summed E-state index contributed by atoms with van der Waals surface area (Å²) in [4.78, 5) is 30.7. The molecule has 4 bridgehead atoms. The topological polar surface area (TPSA) is 91.9 Å². The van der Waals surface area contributed by atoms with Crippen molar-refractivity contribution in [3.8, 4) is 5.75 Å². The Morgan fingerprint density at radius 3 is 2.97 bits per heavy atom. The number of carbonyl (C=O) groups is 2. The lowest BCUT2D eigenvalue weighted by Gasteiger charge is -2.57. The number of rotatable bonds is 4. The van der Waals surface area contributed by atoms with Crippen molar-refractivity contribution in [1.29, 1.82) is 0 Å². The van der Waals surface area contributed by atoms with E-state index in [1.807, 2.05) is 6.07 Å². The molecule has 160 valence electrons. The van der Waals surface area contributed by atoms with Crippen LogP contribution in [0.2, 0.25) is 0 Å². The molecule has 7 nitrogen and oxygen atoms in total. The number of phenols is 1. The van der Waals surface area contributed by atoms with Crippen molar-refractivity contribution < 1.29 is 24.2 Å². The number of aromatic hydroxyl groups is 1. The highest BCUT2D eigenvalue weighted by atomic mass is 16.5. The van der Waals surface area contributed by atoms with Gasteiger partial charge in [-0.15, -0.1) is 0 Å². The van der Waals surface area contributed by atoms with Crippen molar-refractivity contribution in [2.75, 3.05) is 26.8 Å². The molecule has 5 unspecified atom stereocenters. The molecule has 4 aliphatic rings. The molecule has 5 atom stereocenters. The molecule has 3 fully saturated rings. The van der Waals surface area contributed by atoms with E-state index in [1.165, 1.54) is 14.0 Å². The van der Waals surface area contributed by atoms with Crippen molar-refractivity contribution in [3.63, 3.8) is 0 Å². The molecule has 1 aliphatic carbocycles. The zero-order chi connectivity index (χ0) is 21.0. The van der Waals surface area contributed by atoms with Crippen LogP contribution in [0.4, 0.5) is 0 Å². The Balaban J connectivity index is 1.65. The number of hydrogen-bond donors (Lipinski definition) is 2. The summed E-state index contributed by atoms with van der Waals surface area (Å²) in [6, 6.07) is 5.34. The maximum atomic E-state index is 13.5. The van der Waals surface area contributed by atoms with E-state index in [9.17, 15) is 14.7 Å². The molecule has 0 amide bonds. The van der Waals surface area contributed by atoms with Gasteiger partial charge >= 0.3 is 11.9 Å².